The second kappa shape index (κ2) is 12.9. The van der Waals surface area contributed by atoms with Crippen LogP contribution in [0.4, 0.5) is 18.9 Å². The van der Waals surface area contributed by atoms with Gasteiger partial charge in [0.2, 0.25) is 0 Å². The van der Waals surface area contributed by atoms with Gasteiger partial charge in [0.05, 0.1) is 30.9 Å². The van der Waals surface area contributed by atoms with Crippen molar-refractivity contribution in [3.8, 4) is 5.75 Å². The second-order valence-corrected chi connectivity index (χ2v) is 11.9. The standard InChI is InChI=1S/C26H32F3I2N5O3/c1-35-20-7-8-22(34-23(20)36(16-5-3-4-6-16)14-26(28,29)25(35)38)33-19-12-18(27)17(11-21(19)39-2)24(37)32-15(13-31)9-10-30/h7-8,11-12,15-16,20,23H,3-6,9-10,13-14H2,1-2H3,(H,32,37)(H,33,34)/t15-,20?,23?/m1/s1. The molecule has 0 aromatic heterocycles. The molecule has 0 spiro atoms. The normalized spacial score (nSPS) is 24.1. The van der Waals surface area contributed by atoms with E-state index in [-0.39, 0.29) is 29.1 Å². The van der Waals surface area contributed by atoms with Crippen molar-refractivity contribution in [2.24, 2.45) is 4.99 Å². The maximum atomic E-state index is 15.1. The van der Waals surface area contributed by atoms with Crippen LogP contribution in [0.5, 0.6) is 5.75 Å². The Labute approximate surface area is 253 Å². The molecule has 1 aromatic carbocycles. The number of ether oxygens (including phenoxy) is 1. The number of amidine groups is 1. The van der Waals surface area contributed by atoms with Gasteiger partial charge in [-0.05, 0) is 31.4 Å². The first-order valence-corrected chi connectivity index (χ1v) is 15.9. The van der Waals surface area contributed by atoms with Crippen LogP contribution in [0.3, 0.4) is 0 Å². The largest absolute Gasteiger partial charge is 0.495 e. The molecule has 4 rings (SSSR count). The van der Waals surface area contributed by atoms with E-state index < -0.39 is 42.3 Å². The van der Waals surface area contributed by atoms with Gasteiger partial charge in [-0.1, -0.05) is 64.1 Å². The van der Waals surface area contributed by atoms with Crippen LogP contribution in [0.2, 0.25) is 0 Å². The van der Waals surface area contributed by atoms with Gasteiger partial charge in [0.15, 0.2) is 0 Å². The quantitative estimate of drug-likeness (QED) is 0.298. The van der Waals surface area contributed by atoms with Crippen molar-refractivity contribution in [1.82, 2.24) is 15.1 Å². The van der Waals surface area contributed by atoms with Crippen molar-refractivity contribution in [2.75, 3.05) is 34.9 Å². The summed E-state index contributed by atoms with van der Waals surface area (Å²) >= 11 is 4.42. The van der Waals surface area contributed by atoms with E-state index in [1.807, 2.05) is 0 Å². The first-order valence-electron chi connectivity index (χ1n) is 12.8. The van der Waals surface area contributed by atoms with E-state index in [0.29, 0.717) is 10.3 Å². The van der Waals surface area contributed by atoms with Gasteiger partial charge in [-0.3, -0.25) is 14.5 Å². The molecule has 13 heteroatoms. The molecule has 214 valence electrons. The van der Waals surface area contributed by atoms with E-state index >= 15 is 4.39 Å². The molecule has 3 aliphatic rings. The molecule has 2 unspecified atom stereocenters. The number of methoxy groups -OCH3 is 1. The molecule has 0 radical (unpaired) electrons. The smallest absolute Gasteiger partial charge is 0.337 e. The van der Waals surface area contributed by atoms with E-state index in [4.69, 9.17) is 9.73 Å². The molecule has 8 nitrogen and oxygen atoms in total. The number of rotatable bonds is 8. The summed E-state index contributed by atoms with van der Waals surface area (Å²) in [6.45, 7) is -0.704. The predicted octanol–water partition coefficient (Wildman–Crippen LogP) is 4.62. The third kappa shape index (κ3) is 6.66. The number of likely N-dealkylation sites (N-methyl/N-ethyl adjacent to an activating group) is 1. The highest BCUT2D eigenvalue weighted by Crippen LogP contribution is 2.36. The van der Waals surface area contributed by atoms with Crippen molar-refractivity contribution in [1.29, 1.82) is 0 Å². The van der Waals surface area contributed by atoms with E-state index in [9.17, 15) is 18.4 Å². The minimum absolute atomic E-state index is 0.0762. The fourth-order valence-corrected chi connectivity index (χ4v) is 6.72. The fraction of sp³-hybridized carbons (Fsp3) is 0.577. The van der Waals surface area contributed by atoms with E-state index in [0.717, 1.165) is 41.4 Å². The third-order valence-electron chi connectivity index (χ3n) is 7.40. The van der Waals surface area contributed by atoms with Gasteiger partial charge in [0, 0.05) is 34.1 Å². The number of nitrogens with one attached hydrogen (secondary N) is 2. The Morgan fingerprint density at radius 1 is 1.28 bits per heavy atom. The van der Waals surface area contributed by atoms with Gasteiger partial charge in [-0.2, -0.15) is 8.78 Å². The van der Waals surface area contributed by atoms with Crippen LogP contribution in [0, 0.1) is 5.82 Å². The minimum Gasteiger partial charge on any atom is -0.495 e. The summed E-state index contributed by atoms with van der Waals surface area (Å²) < 4.78 is 51.9. The Bertz CT molecular complexity index is 1150. The summed E-state index contributed by atoms with van der Waals surface area (Å²) in [4.78, 5) is 32.8. The molecule has 39 heavy (non-hydrogen) atoms. The van der Waals surface area contributed by atoms with Gasteiger partial charge in [0.1, 0.15) is 23.6 Å². The summed E-state index contributed by atoms with van der Waals surface area (Å²) in [7, 11) is 2.78. The van der Waals surface area contributed by atoms with Crippen molar-refractivity contribution < 1.29 is 27.5 Å². The van der Waals surface area contributed by atoms with E-state index in [1.54, 1.807) is 17.1 Å². The van der Waals surface area contributed by atoms with Gasteiger partial charge < -0.3 is 20.3 Å². The Hall–Kier alpha value is -1.62. The Balaban J connectivity index is 1.61. The highest BCUT2D eigenvalue weighted by Gasteiger charge is 2.52. The SMILES string of the molecule is COc1cc(C(=O)N[C@@H](CI)CCI)c(F)cc1NC1=NC2C(C=C1)N(C)C(=O)C(F)(F)CN2C1CCCC1. The van der Waals surface area contributed by atoms with Crippen LogP contribution in [0.15, 0.2) is 29.3 Å². The topological polar surface area (TPSA) is 86.3 Å². The summed E-state index contributed by atoms with van der Waals surface area (Å²) in [6, 6.07) is 1.64. The molecular weight excluding hydrogens is 741 g/mol. The van der Waals surface area contributed by atoms with Crippen LogP contribution >= 0.6 is 45.2 Å². The molecule has 0 bridgehead atoms. The lowest BCUT2D eigenvalue weighted by Gasteiger charge is -2.38. The van der Waals surface area contributed by atoms with Gasteiger partial charge in [0.25, 0.3) is 11.8 Å². The maximum absolute atomic E-state index is 15.1. The number of nitrogens with zero attached hydrogens (tertiary/aromatic N) is 3. The van der Waals surface area contributed by atoms with Crippen LogP contribution in [0.1, 0.15) is 42.5 Å². The van der Waals surface area contributed by atoms with Gasteiger partial charge in [-0.15, -0.1) is 0 Å². The number of aliphatic imine (C=N–C) groups is 1. The Morgan fingerprint density at radius 2 is 2.00 bits per heavy atom. The highest BCUT2D eigenvalue weighted by atomic mass is 127. The lowest BCUT2D eigenvalue weighted by atomic mass is 10.1. The average molecular weight is 773 g/mol. The average Bonchev–Trinajstić information content (AvgIpc) is 3.43. The number of carbonyl (C=O) groups excluding carboxylic acids is 2. The number of hydrogen-bond acceptors (Lipinski definition) is 6. The van der Waals surface area contributed by atoms with Crippen molar-refractivity contribution in [3.05, 3.63) is 35.7 Å². The second-order valence-electron chi connectivity index (χ2n) is 9.97. The number of halogens is 5. The fourth-order valence-electron chi connectivity index (χ4n) is 5.30. The number of dihydropyridines is 1. The van der Waals surface area contributed by atoms with Crippen molar-refractivity contribution in [2.45, 2.75) is 62.3 Å². The molecular formula is C26H32F3I2N5O3. The molecule has 1 aromatic rings. The molecule has 1 aliphatic carbocycles. The zero-order valence-corrected chi connectivity index (χ0v) is 26.0. The molecule has 2 heterocycles. The number of hydrogen-bond donors (Lipinski definition) is 2. The number of benzene rings is 1. The van der Waals surface area contributed by atoms with Crippen LogP contribution in [0.25, 0.3) is 0 Å². The maximum Gasteiger partial charge on any atom is 0.337 e. The molecule has 2 fully saturated rings. The Morgan fingerprint density at radius 3 is 2.64 bits per heavy atom. The van der Waals surface area contributed by atoms with Crippen LogP contribution < -0.4 is 15.4 Å². The van der Waals surface area contributed by atoms with Crippen LogP contribution in [-0.4, -0.2) is 87.2 Å². The first-order chi connectivity index (χ1) is 18.6. The zero-order valence-electron chi connectivity index (χ0n) is 21.7. The molecule has 1 saturated heterocycles. The Kier molecular flexibility index (Phi) is 10.0. The summed E-state index contributed by atoms with van der Waals surface area (Å²) in [5.74, 6) is -5.47. The first kappa shape index (κ1) is 30.3. The number of amides is 2. The summed E-state index contributed by atoms with van der Waals surface area (Å²) in [6.07, 6.45) is 6.70. The lowest BCUT2D eigenvalue weighted by Crippen LogP contribution is -2.52. The van der Waals surface area contributed by atoms with Gasteiger partial charge in [-0.25, -0.2) is 9.38 Å². The zero-order chi connectivity index (χ0) is 28.3. The number of carbonyl (C=O) groups is 2. The monoisotopic (exact) mass is 773 g/mol. The molecule has 1 saturated carbocycles. The summed E-state index contributed by atoms with van der Waals surface area (Å²) in [5, 5.41) is 5.90. The number of fused-ring (bicyclic) bond motifs is 1. The van der Waals surface area contributed by atoms with Crippen LogP contribution in [-0.2, 0) is 4.79 Å². The van der Waals surface area contributed by atoms with Crippen molar-refractivity contribution >= 4 is 68.5 Å². The molecule has 3 atom stereocenters. The van der Waals surface area contributed by atoms with E-state index in [1.165, 1.54) is 26.3 Å². The summed E-state index contributed by atoms with van der Waals surface area (Å²) in [5.41, 5.74) is 0.0994. The number of anilines is 1. The molecule has 2 N–H and O–H groups in total. The molecule has 2 aliphatic heterocycles. The highest BCUT2D eigenvalue weighted by molar-refractivity contribution is 14.1. The minimum atomic E-state index is -3.53. The lowest BCUT2D eigenvalue weighted by molar-refractivity contribution is -0.156. The number of alkyl halides is 4. The predicted molar refractivity (Wildman–Crippen MR) is 161 cm³/mol. The van der Waals surface area contributed by atoms with E-state index in [2.05, 4.69) is 55.8 Å². The third-order valence-corrected chi connectivity index (χ3v) is 9.08. The van der Waals surface area contributed by atoms with Gasteiger partial charge >= 0.3 is 5.92 Å². The van der Waals surface area contributed by atoms with Crippen molar-refractivity contribution in [3.63, 3.8) is 0 Å². The molecule has 2 amide bonds.